The van der Waals surface area contributed by atoms with Gasteiger partial charge in [-0.3, -0.25) is 14.0 Å². The number of aliphatic hydroxyl groups excluding tert-OH is 1. The standard InChI is InChI=1S/C27H27N5O3S2/c1-16(2)10-19(13-33)30-27(35)24-23(18-7-9-36-14-18)31-25-20(4-3-8-32(24)25)26(34)28-12-17-5-6-21-22(11-17)37-15-29-21/h3-9,11,14-16,19,33H,10,12-13H2,1-2H3,(H,28,34)(H,30,35). The molecule has 0 aliphatic heterocycles. The Labute approximate surface area is 222 Å². The van der Waals surface area contributed by atoms with Gasteiger partial charge in [-0.1, -0.05) is 19.9 Å². The highest BCUT2D eigenvalue weighted by molar-refractivity contribution is 7.16. The highest BCUT2D eigenvalue weighted by atomic mass is 32.1. The van der Waals surface area contributed by atoms with Crippen LogP contribution in [0.5, 0.6) is 0 Å². The molecule has 0 saturated carbocycles. The number of hydrogen-bond donors (Lipinski definition) is 3. The minimum absolute atomic E-state index is 0.157. The number of hydrogen-bond acceptors (Lipinski definition) is 7. The van der Waals surface area contributed by atoms with E-state index in [9.17, 15) is 14.7 Å². The number of nitrogens with one attached hydrogen (secondary N) is 2. The number of carbonyl (C=O) groups excluding carboxylic acids is 2. The summed E-state index contributed by atoms with van der Waals surface area (Å²) in [5, 5.41) is 19.6. The lowest BCUT2D eigenvalue weighted by atomic mass is 10.0. The molecule has 0 radical (unpaired) electrons. The summed E-state index contributed by atoms with van der Waals surface area (Å²) in [5.74, 6) is -0.316. The smallest absolute Gasteiger partial charge is 0.270 e. The number of thiazole rings is 1. The van der Waals surface area contributed by atoms with E-state index < -0.39 is 0 Å². The maximum Gasteiger partial charge on any atom is 0.270 e. The van der Waals surface area contributed by atoms with Gasteiger partial charge in [-0.25, -0.2) is 9.97 Å². The molecule has 5 aromatic rings. The Kier molecular flexibility index (Phi) is 7.31. The first-order chi connectivity index (χ1) is 17.9. The Hall–Kier alpha value is -3.60. The molecule has 10 heteroatoms. The lowest BCUT2D eigenvalue weighted by Crippen LogP contribution is -2.39. The predicted octanol–water partition coefficient (Wildman–Crippen LogP) is 4.74. The zero-order chi connectivity index (χ0) is 25.9. The number of fused-ring (bicyclic) bond motifs is 2. The lowest BCUT2D eigenvalue weighted by molar-refractivity contribution is 0.0901. The van der Waals surface area contributed by atoms with Crippen LogP contribution >= 0.6 is 22.7 Å². The van der Waals surface area contributed by atoms with E-state index in [1.807, 2.05) is 48.9 Å². The first-order valence-corrected chi connectivity index (χ1v) is 13.8. The van der Waals surface area contributed by atoms with Gasteiger partial charge in [0.2, 0.25) is 0 Å². The van der Waals surface area contributed by atoms with Crippen molar-refractivity contribution in [1.82, 2.24) is 25.0 Å². The molecule has 0 fully saturated rings. The molecular formula is C27H27N5O3S2. The van der Waals surface area contributed by atoms with Crippen molar-refractivity contribution in [1.29, 1.82) is 0 Å². The molecule has 37 heavy (non-hydrogen) atoms. The first kappa shape index (κ1) is 25.1. The van der Waals surface area contributed by atoms with E-state index in [-0.39, 0.29) is 24.5 Å². The third kappa shape index (κ3) is 5.27. The first-order valence-electron chi connectivity index (χ1n) is 12.0. The number of pyridine rings is 1. The van der Waals surface area contributed by atoms with Crippen LogP contribution in [0.1, 0.15) is 46.7 Å². The van der Waals surface area contributed by atoms with Gasteiger partial charge in [0.25, 0.3) is 11.8 Å². The Bertz CT molecular complexity index is 1560. The van der Waals surface area contributed by atoms with Gasteiger partial charge in [-0.2, -0.15) is 11.3 Å². The van der Waals surface area contributed by atoms with Crippen LogP contribution in [-0.4, -0.2) is 43.9 Å². The van der Waals surface area contributed by atoms with E-state index in [1.165, 1.54) is 11.3 Å². The molecule has 3 N–H and O–H groups in total. The minimum atomic E-state index is -0.379. The second-order valence-corrected chi connectivity index (χ2v) is 10.9. The molecule has 2 amide bonds. The summed E-state index contributed by atoms with van der Waals surface area (Å²) in [6.07, 6.45) is 2.38. The summed E-state index contributed by atoms with van der Waals surface area (Å²) < 4.78 is 2.72. The SMILES string of the molecule is CC(C)CC(CO)NC(=O)c1c(-c2ccsc2)nc2c(C(=O)NCc3ccc4ncsc4c3)cccn12. The van der Waals surface area contributed by atoms with E-state index in [0.29, 0.717) is 41.5 Å². The predicted molar refractivity (Wildman–Crippen MR) is 147 cm³/mol. The van der Waals surface area contributed by atoms with Crippen molar-refractivity contribution in [2.24, 2.45) is 5.92 Å². The molecule has 4 aromatic heterocycles. The van der Waals surface area contributed by atoms with Crippen LogP contribution in [-0.2, 0) is 6.54 Å². The van der Waals surface area contributed by atoms with Crippen LogP contribution in [0.25, 0.3) is 27.1 Å². The average Bonchev–Trinajstić information content (AvgIpc) is 3.65. The highest BCUT2D eigenvalue weighted by Gasteiger charge is 2.25. The van der Waals surface area contributed by atoms with Crippen LogP contribution in [0, 0.1) is 5.92 Å². The van der Waals surface area contributed by atoms with E-state index in [1.54, 1.807) is 39.6 Å². The number of amides is 2. The van der Waals surface area contributed by atoms with Gasteiger partial charge in [-0.15, -0.1) is 11.3 Å². The zero-order valence-electron chi connectivity index (χ0n) is 20.5. The zero-order valence-corrected chi connectivity index (χ0v) is 22.1. The Morgan fingerprint density at radius 1 is 1.16 bits per heavy atom. The summed E-state index contributed by atoms with van der Waals surface area (Å²) >= 11 is 3.06. The topological polar surface area (TPSA) is 109 Å². The molecule has 190 valence electrons. The molecule has 1 unspecified atom stereocenters. The largest absolute Gasteiger partial charge is 0.394 e. The Morgan fingerprint density at radius 3 is 2.78 bits per heavy atom. The van der Waals surface area contributed by atoms with Gasteiger partial charge >= 0.3 is 0 Å². The van der Waals surface area contributed by atoms with Gasteiger partial charge < -0.3 is 15.7 Å². The molecule has 0 aliphatic rings. The molecule has 0 bridgehead atoms. The number of aliphatic hydroxyl groups is 1. The van der Waals surface area contributed by atoms with Gasteiger partial charge in [0.1, 0.15) is 11.4 Å². The van der Waals surface area contributed by atoms with Gasteiger partial charge in [0, 0.05) is 23.7 Å². The lowest BCUT2D eigenvalue weighted by Gasteiger charge is -2.18. The molecule has 1 aromatic carbocycles. The number of rotatable bonds is 9. The number of thiophene rings is 1. The third-order valence-corrected chi connectivity index (χ3v) is 7.54. The van der Waals surface area contributed by atoms with Crippen molar-refractivity contribution in [2.45, 2.75) is 32.9 Å². The second-order valence-electron chi connectivity index (χ2n) is 9.26. The molecule has 1 atom stereocenters. The monoisotopic (exact) mass is 533 g/mol. The van der Waals surface area contributed by atoms with Crippen LogP contribution in [0.15, 0.2) is 58.9 Å². The summed E-state index contributed by atoms with van der Waals surface area (Å²) in [5.41, 5.74) is 6.11. The highest BCUT2D eigenvalue weighted by Crippen LogP contribution is 2.28. The normalized spacial score (nSPS) is 12.3. The Morgan fingerprint density at radius 2 is 2.03 bits per heavy atom. The van der Waals surface area contributed by atoms with Gasteiger partial charge in [0.15, 0.2) is 5.65 Å². The van der Waals surface area contributed by atoms with Crippen molar-refractivity contribution in [3.63, 3.8) is 0 Å². The molecule has 8 nitrogen and oxygen atoms in total. The summed E-state index contributed by atoms with van der Waals surface area (Å²) in [6.45, 7) is 4.28. The fraction of sp³-hybridized carbons (Fsp3) is 0.259. The number of benzene rings is 1. The van der Waals surface area contributed by atoms with Gasteiger partial charge in [0.05, 0.1) is 33.9 Å². The Balaban J connectivity index is 1.47. The third-order valence-electron chi connectivity index (χ3n) is 6.06. The summed E-state index contributed by atoms with van der Waals surface area (Å²) in [7, 11) is 0. The maximum atomic E-state index is 13.5. The molecule has 0 spiro atoms. The van der Waals surface area contributed by atoms with Crippen molar-refractivity contribution >= 4 is 50.4 Å². The van der Waals surface area contributed by atoms with Crippen LogP contribution in [0.2, 0.25) is 0 Å². The molecule has 5 rings (SSSR count). The fourth-order valence-corrected chi connectivity index (χ4v) is 5.73. The maximum absolute atomic E-state index is 13.5. The summed E-state index contributed by atoms with van der Waals surface area (Å²) in [4.78, 5) is 35.8. The molecule has 0 aliphatic carbocycles. The fourth-order valence-electron chi connectivity index (χ4n) is 4.35. The minimum Gasteiger partial charge on any atom is -0.394 e. The van der Waals surface area contributed by atoms with Crippen LogP contribution in [0.4, 0.5) is 0 Å². The van der Waals surface area contributed by atoms with E-state index in [2.05, 4.69) is 15.6 Å². The van der Waals surface area contributed by atoms with Crippen molar-refractivity contribution in [2.75, 3.05) is 6.61 Å². The van der Waals surface area contributed by atoms with E-state index in [4.69, 9.17) is 4.98 Å². The van der Waals surface area contributed by atoms with Crippen molar-refractivity contribution in [3.05, 3.63) is 75.7 Å². The number of carbonyl (C=O) groups is 2. The number of imidazole rings is 1. The van der Waals surface area contributed by atoms with Crippen molar-refractivity contribution < 1.29 is 14.7 Å². The average molecular weight is 534 g/mol. The van der Waals surface area contributed by atoms with Crippen molar-refractivity contribution in [3.8, 4) is 11.3 Å². The van der Waals surface area contributed by atoms with Gasteiger partial charge in [-0.05, 0) is 53.6 Å². The number of aromatic nitrogens is 3. The summed E-state index contributed by atoms with van der Waals surface area (Å²) in [6, 6.07) is 10.9. The second kappa shape index (κ2) is 10.8. The number of nitrogens with zero attached hydrogens (tertiary/aromatic N) is 3. The van der Waals surface area contributed by atoms with E-state index >= 15 is 0 Å². The molecule has 4 heterocycles. The molecular weight excluding hydrogens is 506 g/mol. The molecule has 0 saturated heterocycles. The van der Waals surface area contributed by atoms with Crippen LogP contribution in [0.3, 0.4) is 0 Å². The quantitative estimate of drug-likeness (QED) is 0.254. The van der Waals surface area contributed by atoms with E-state index in [0.717, 1.165) is 21.3 Å². The van der Waals surface area contributed by atoms with Crippen LogP contribution < -0.4 is 10.6 Å².